The first kappa shape index (κ1) is 18.0. The number of rotatable bonds is 9. The van der Waals surface area contributed by atoms with Gasteiger partial charge in [-0.25, -0.2) is 13.6 Å². The van der Waals surface area contributed by atoms with Crippen molar-refractivity contribution in [3.63, 3.8) is 0 Å². The smallest absolute Gasteiger partial charge is 0.365 e. The molecule has 0 aliphatic rings. The molecule has 124 valence electrons. The van der Waals surface area contributed by atoms with E-state index < -0.39 is 43.4 Å². The average molecular weight is 327 g/mol. The Bertz CT molecular complexity index is 492. The maximum Gasteiger partial charge on any atom is 0.365 e. The molecule has 22 heavy (non-hydrogen) atoms. The largest absolute Gasteiger partial charge is 0.550 e. The first-order valence-electron chi connectivity index (χ1n) is 6.10. The van der Waals surface area contributed by atoms with Crippen molar-refractivity contribution in [2.75, 3.05) is 6.61 Å². The number of aliphatic carboxylic acids is 1. The number of nitrogens with two attached hydrogens (primary N) is 1. The molecule has 0 bridgehead atoms. The summed E-state index contributed by atoms with van der Waals surface area (Å²) < 4.78 is 58.2. The number of furan rings is 1. The summed E-state index contributed by atoms with van der Waals surface area (Å²) in [4.78, 5) is 22.1. The molecule has 0 radical (unpaired) electrons. The molecule has 0 fully saturated rings. The van der Waals surface area contributed by atoms with E-state index >= 15 is 0 Å². The van der Waals surface area contributed by atoms with Gasteiger partial charge in [-0.05, 0) is 12.1 Å². The minimum absolute atomic E-state index is 0.0330. The third kappa shape index (κ3) is 5.72. The van der Waals surface area contributed by atoms with Gasteiger partial charge in [-0.2, -0.15) is 8.78 Å². The molecular formula is C12H13F4NO5. The van der Waals surface area contributed by atoms with Gasteiger partial charge in [0.15, 0.2) is 18.4 Å². The highest BCUT2D eigenvalue weighted by atomic mass is 19.3. The molecule has 10 heteroatoms. The average Bonchev–Trinajstić information content (AvgIpc) is 2.93. The number of hydrogen-bond donors (Lipinski definition) is 1. The molecular weight excluding hydrogens is 314 g/mol. The summed E-state index contributed by atoms with van der Waals surface area (Å²) in [5.41, 5.74) is 0. The molecule has 1 heterocycles. The number of quaternary nitrogens is 1. The highest BCUT2D eigenvalue weighted by molar-refractivity contribution is 5.79. The van der Waals surface area contributed by atoms with Gasteiger partial charge in [0.1, 0.15) is 6.54 Å². The van der Waals surface area contributed by atoms with Crippen LogP contribution in [-0.2, 0) is 20.9 Å². The quantitative estimate of drug-likeness (QED) is 0.478. The van der Waals surface area contributed by atoms with Gasteiger partial charge in [-0.15, -0.1) is 0 Å². The van der Waals surface area contributed by atoms with E-state index in [9.17, 15) is 32.3 Å². The Kier molecular flexibility index (Phi) is 6.35. The number of carboxylic acids is 1. The Morgan fingerprint density at radius 3 is 2.59 bits per heavy atom. The molecule has 0 saturated heterocycles. The molecule has 0 saturated carbocycles. The van der Waals surface area contributed by atoms with Crippen LogP contribution < -0.4 is 10.4 Å². The minimum Gasteiger partial charge on any atom is -0.550 e. The van der Waals surface area contributed by atoms with E-state index in [1.165, 1.54) is 6.26 Å². The first-order chi connectivity index (χ1) is 10.2. The highest BCUT2D eigenvalue weighted by Crippen LogP contribution is 2.22. The van der Waals surface area contributed by atoms with Crippen molar-refractivity contribution < 1.29 is 46.7 Å². The van der Waals surface area contributed by atoms with Crippen molar-refractivity contribution in [3.8, 4) is 0 Å². The van der Waals surface area contributed by atoms with Crippen molar-refractivity contribution in [1.82, 2.24) is 0 Å². The van der Waals surface area contributed by atoms with Crippen molar-refractivity contribution >= 4 is 11.9 Å². The van der Waals surface area contributed by atoms with Crippen LogP contribution in [0.25, 0.3) is 0 Å². The van der Waals surface area contributed by atoms with Gasteiger partial charge in [0.05, 0.1) is 12.7 Å². The second kappa shape index (κ2) is 7.78. The van der Waals surface area contributed by atoms with Crippen LogP contribution >= 0.6 is 0 Å². The number of esters is 1. The molecule has 0 aromatic carbocycles. The zero-order valence-corrected chi connectivity index (χ0v) is 11.1. The van der Waals surface area contributed by atoms with E-state index in [0.717, 1.165) is 5.32 Å². The van der Waals surface area contributed by atoms with E-state index in [4.69, 9.17) is 4.42 Å². The monoisotopic (exact) mass is 327 g/mol. The lowest BCUT2D eigenvalue weighted by Gasteiger charge is -2.18. The van der Waals surface area contributed by atoms with E-state index in [1.807, 2.05) is 0 Å². The highest BCUT2D eigenvalue weighted by Gasteiger charge is 2.43. The number of carbonyl (C=O) groups is 2. The normalized spacial score (nSPS) is 13.1. The van der Waals surface area contributed by atoms with Crippen molar-refractivity contribution in [1.29, 1.82) is 0 Å². The van der Waals surface area contributed by atoms with E-state index in [2.05, 4.69) is 4.74 Å². The van der Waals surface area contributed by atoms with Gasteiger partial charge < -0.3 is 24.4 Å². The van der Waals surface area contributed by atoms with Gasteiger partial charge in [-0.3, -0.25) is 0 Å². The number of ether oxygens (including phenoxy) is 1. The van der Waals surface area contributed by atoms with Crippen LogP contribution in [0.5, 0.6) is 0 Å². The summed E-state index contributed by atoms with van der Waals surface area (Å²) in [5, 5.41) is 11.7. The second-order valence-corrected chi connectivity index (χ2v) is 4.37. The zero-order chi connectivity index (χ0) is 16.8. The lowest BCUT2D eigenvalue weighted by atomic mass is 10.2. The van der Waals surface area contributed by atoms with E-state index in [-0.39, 0.29) is 6.54 Å². The Hall–Kier alpha value is -2.10. The third-order valence-electron chi connectivity index (χ3n) is 2.60. The van der Waals surface area contributed by atoms with Crippen LogP contribution in [0.3, 0.4) is 0 Å². The number of carboxylic acid groups (broad SMARTS) is 1. The van der Waals surface area contributed by atoms with Crippen LogP contribution in [0.1, 0.15) is 12.2 Å². The fourth-order valence-corrected chi connectivity index (χ4v) is 1.47. The minimum atomic E-state index is -4.50. The molecule has 2 N–H and O–H groups in total. The molecule has 1 atom stereocenters. The first-order valence-corrected chi connectivity index (χ1v) is 6.10. The number of hydrogen-bond acceptors (Lipinski definition) is 5. The molecule has 0 amide bonds. The summed E-state index contributed by atoms with van der Waals surface area (Å²) in [5.74, 6) is -7.06. The van der Waals surface area contributed by atoms with E-state index in [1.54, 1.807) is 12.1 Å². The summed E-state index contributed by atoms with van der Waals surface area (Å²) in [7, 11) is 0. The van der Waals surface area contributed by atoms with Crippen LogP contribution in [-0.4, -0.2) is 36.9 Å². The summed E-state index contributed by atoms with van der Waals surface area (Å²) >= 11 is 0. The van der Waals surface area contributed by atoms with E-state index in [0.29, 0.717) is 5.76 Å². The van der Waals surface area contributed by atoms with Crippen LogP contribution in [0, 0.1) is 0 Å². The molecule has 0 spiro atoms. The summed E-state index contributed by atoms with van der Waals surface area (Å²) in [6.45, 7) is -1.80. The Morgan fingerprint density at radius 1 is 1.41 bits per heavy atom. The van der Waals surface area contributed by atoms with Crippen LogP contribution in [0.15, 0.2) is 22.8 Å². The number of halogens is 4. The van der Waals surface area contributed by atoms with Gasteiger partial charge in [-0.1, -0.05) is 0 Å². The van der Waals surface area contributed by atoms with Gasteiger partial charge >= 0.3 is 18.3 Å². The van der Waals surface area contributed by atoms with Crippen molar-refractivity contribution in [2.24, 2.45) is 0 Å². The summed E-state index contributed by atoms with van der Waals surface area (Å²) in [6.07, 6.45) is -3.47. The predicted molar refractivity (Wildman–Crippen MR) is 59.7 cm³/mol. The molecule has 1 aromatic heterocycles. The maximum atomic E-state index is 12.7. The van der Waals surface area contributed by atoms with Crippen molar-refractivity contribution in [3.05, 3.63) is 24.2 Å². The van der Waals surface area contributed by atoms with Gasteiger partial charge in [0, 0.05) is 5.97 Å². The fourth-order valence-electron chi connectivity index (χ4n) is 1.47. The lowest BCUT2D eigenvalue weighted by molar-refractivity contribution is -0.694. The van der Waals surface area contributed by atoms with Gasteiger partial charge in [0.2, 0.25) is 0 Å². The number of alkyl halides is 4. The topological polar surface area (TPSA) is 96.2 Å². The molecule has 1 rings (SSSR count). The molecule has 0 aliphatic heterocycles. The van der Waals surface area contributed by atoms with Gasteiger partial charge in [0.25, 0.3) is 0 Å². The maximum absolute atomic E-state index is 12.7. The van der Waals surface area contributed by atoms with Crippen LogP contribution in [0.2, 0.25) is 0 Å². The predicted octanol–water partition coefficient (Wildman–Crippen LogP) is -0.705. The Labute approximate surface area is 122 Å². The van der Waals surface area contributed by atoms with Crippen molar-refractivity contribution in [2.45, 2.75) is 31.4 Å². The molecule has 0 aliphatic carbocycles. The molecule has 1 aromatic rings. The second-order valence-electron chi connectivity index (χ2n) is 4.37. The molecule has 6 nitrogen and oxygen atoms in total. The van der Waals surface area contributed by atoms with Crippen LogP contribution in [0.4, 0.5) is 17.6 Å². The number of carbonyl (C=O) groups excluding carboxylic acids is 2. The third-order valence-corrected chi connectivity index (χ3v) is 2.60. The SMILES string of the molecule is O=C([O-])CC([NH2+]Cc1ccco1)C(=O)OCC(F)(F)C(F)F. The summed E-state index contributed by atoms with van der Waals surface area (Å²) in [6, 6.07) is 1.69. The Balaban J connectivity index is 2.58. The standard InChI is InChI=1S/C12H13F4NO5/c13-11(14)12(15,16)6-22-10(20)8(4-9(18)19)17-5-7-2-1-3-21-7/h1-3,8,11,17H,4-6H2,(H,18,19). The fraction of sp³-hybridized carbons (Fsp3) is 0.500. The Morgan fingerprint density at radius 2 is 2.09 bits per heavy atom. The zero-order valence-electron chi connectivity index (χ0n) is 11.1. The lowest BCUT2D eigenvalue weighted by Crippen LogP contribution is -2.91. The molecule has 1 unspecified atom stereocenters.